The fourth-order valence-electron chi connectivity index (χ4n) is 3.55. The van der Waals surface area contributed by atoms with Gasteiger partial charge < -0.3 is 10.6 Å². The third-order valence-electron chi connectivity index (χ3n) is 4.68. The number of allylic oxidation sites excluding steroid dienone is 2. The molecule has 3 heteroatoms. The molecule has 3 nitrogen and oxygen atoms in total. The standard InChI is InChI=1S/C14H20N2O/c1-9-7-8-14-10(2)5-3-4-6-11(9)12(14)15-13(17)16-14/h7,10H,3-6,8H2,1-2H3,(H2,15,16,17)/t10-,14?/m1/s1. The summed E-state index contributed by atoms with van der Waals surface area (Å²) in [5, 5.41) is 6.25. The Bertz CT molecular complexity index is 436. The maximum atomic E-state index is 11.7. The molecule has 0 radical (unpaired) electrons. The van der Waals surface area contributed by atoms with E-state index in [0.29, 0.717) is 5.92 Å². The van der Waals surface area contributed by atoms with E-state index in [1.54, 1.807) is 0 Å². The molecule has 92 valence electrons. The monoisotopic (exact) mass is 232 g/mol. The van der Waals surface area contributed by atoms with Crippen molar-refractivity contribution in [3.8, 4) is 0 Å². The van der Waals surface area contributed by atoms with Crippen molar-refractivity contribution in [2.45, 2.75) is 51.5 Å². The Morgan fingerprint density at radius 3 is 3.06 bits per heavy atom. The van der Waals surface area contributed by atoms with E-state index < -0.39 is 0 Å². The summed E-state index contributed by atoms with van der Waals surface area (Å²) in [7, 11) is 0. The van der Waals surface area contributed by atoms with Crippen LogP contribution in [0.5, 0.6) is 0 Å². The molecule has 2 N–H and O–H groups in total. The van der Waals surface area contributed by atoms with Crippen LogP contribution in [0.1, 0.15) is 46.0 Å². The van der Waals surface area contributed by atoms with Crippen LogP contribution >= 0.6 is 0 Å². The lowest BCUT2D eigenvalue weighted by atomic mass is 9.70. The van der Waals surface area contributed by atoms with Crippen LogP contribution in [0.25, 0.3) is 0 Å². The van der Waals surface area contributed by atoms with Gasteiger partial charge in [-0.25, -0.2) is 4.79 Å². The topological polar surface area (TPSA) is 41.1 Å². The minimum Gasteiger partial charge on any atom is -0.326 e. The largest absolute Gasteiger partial charge is 0.326 e. The maximum Gasteiger partial charge on any atom is 0.319 e. The van der Waals surface area contributed by atoms with Gasteiger partial charge in [-0.15, -0.1) is 0 Å². The van der Waals surface area contributed by atoms with Crippen LogP contribution in [0.4, 0.5) is 4.79 Å². The van der Waals surface area contributed by atoms with Gasteiger partial charge in [-0.3, -0.25) is 0 Å². The third kappa shape index (κ3) is 1.44. The van der Waals surface area contributed by atoms with Crippen molar-refractivity contribution in [2.24, 2.45) is 5.92 Å². The molecular weight excluding hydrogens is 212 g/mol. The number of carbonyl (C=O) groups is 1. The minimum absolute atomic E-state index is 0.0191. The molecule has 1 aliphatic heterocycles. The highest BCUT2D eigenvalue weighted by Crippen LogP contribution is 2.44. The number of hydrogen-bond donors (Lipinski definition) is 2. The van der Waals surface area contributed by atoms with Gasteiger partial charge in [-0.1, -0.05) is 19.4 Å². The lowest BCUT2D eigenvalue weighted by Gasteiger charge is -2.40. The molecule has 2 amide bonds. The molecule has 2 bridgehead atoms. The highest BCUT2D eigenvalue weighted by Gasteiger charge is 2.48. The van der Waals surface area contributed by atoms with Crippen molar-refractivity contribution < 1.29 is 4.79 Å². The van der Waals surface area contributed by atoms with Crippen LogP contribution in [0.3, 0.4) is 0 Å². The zero-order chi connectivity index (χ0) is 12.0. The van der Waals surface area contributed by atoms with E-state index in [-0.39, 0.29) is 11.6 Å². The van der Waals surface area contributed by atoms with Crippen LogP contribution in [0, 0.1) is 5.92 Å². The van der Waals surface area contributed by atoms with Gasteiger partial charge in [0, 0.05) is 5.70 Å². The zero-order valence-corrected chi connectivity index (χ0v) is 10.6. The van der Waals surface area contributed by atoms with E-state index in [1.807, 2.05) is 0 Å². The second kappa shape index (κ2) is 3.62. The second-order valence-corrected chi connectivity index (χ2v) is 5.64. The number of nitrogens with one attached hydrogen (secondary N) is 2. The summed E-state index contributed by atoms with van der Waals surface area (Å²) >= 11 is 0. The van der Waals surface area contributed by atoms with Gasteiger partial charge in [0.1, 0.15) is 0 Å². The fourth-order valence-corrected chi connectivity index (χ4v) is 3.55. The van der Waals surface area contributed by atoms with Crippen molar-refractivity contribution in [1.82, 2.24) is 10.6 Å². The van der Waals surface area contributed by atoms with Crippen LogP contribution in [-0.2, 0) is 0 Å². The van der Waals surface area contributed by atoms with Crippen LogP contribution in [-0.4, -0.2) is 11.6 Å². The first-order chi connectivity index (χ1) is 8.13. The highest BCUT2D eigenvalue weighted by molar-refractivity contribution is 5.83. The number of urea groups is 1. The Morgan fingerprint density at radius 2 is 2.24 bits per heavy atom. The molecule has 0 aromatic carbocycles. The predicted octanol–water partition coefficient (Wildman–Crippen LogP) is 2.85. The van der Waals surface area contributed by atoms with Gasteiger partial charge in [-0.2, -0.15) is 0 Å². The quantitative estimate of drug-likeness (QED) is 0.662. The van der Waals surface area contributed by atoms with Crippen LogP contribution in [0.15, 0.2) is 22.9 Å². The smallest absolute Gasteiger partial charge is 0.319 e. The molecule has 1 heterocycles. The molecule has 3 rings (SSSR count). The molecule has 17 heavy (non-hydrogen) atoms. The lowest BCUT2D eigenvalue weighted by Crippen LogP contribution is -2.49. The second-order valence-electron chi connectivity index (χ2n) is 5.64. The number of rotatable bonds is 0. The van der Waals surface area contributed by atoms with E-state index in [0.717, 1.165) is 12.8 Å². The average molecular weight is 232 g/mol. The number of amides is 2. The third-order valence-corrected chi connectivity index (χ3v) is 4.68. The molecule has 2 atom stereocenters. The molecule has 1 unspecified atom stereocenters. The van der Waals surface area contributed by atoms with E-state index in [9.17, 15) is 4.79 Å². The van der Waals surface area contributed by atoms with Crippen molar-refractivity contribution in [3.63, 3.8) is 0 Å². The van der Waals surface area contributed by atoms with Crippen molar-refractivity contribution >= 4 is 6.03 Å². The molecule has 0 saturated carbocycles. The first-order valence-corrected chi connectivity index (χ1v) is 6.63. The van der Waals surface area contributed by atoms with Gasteiger partial charge in [0.05, 0.1) is 5.54 Å². The normalized spacial score (nSPS) is 36.5. The molecule has 0 aromatic heterocycles. The van der Waals surface area contributed by atoms with E-state index in [4.69, 9.17) is 0 Å². The summed E-state index contributed by atoms with van der Waals surface area (Å²) < 4.78 is 0. The first kappa shape index (κ1) is 10.9. The van der Waals surface area contributed by atoms with Gasteiger partial charge in [-0.05, 0) is 49.7 Å². The number of hydrogen-bond acceptors (Lipinski definition) is 1. The summed E-state index contributed by atoms with van der Waals surface area (Å²) in [5.74, 6) is 0.510. The lowest BCUT2D eigenvalue weighted by molar-refractivity contribution is 0.232. The highest BCUT2D eigenvalue weighted by atomic mass is 16.2. The van der Waals surface area contributed by atoms with Gasteiger partial charge in [0.25, 0.3) is 0 Å². The van der Waals surface area contributed by atoms with Crippen molar-refractivity contribution in [2.75, 3.05) is 0 Å². The van der Waals surface area contributed by atoms with Gasteiger partial charge in [0.15, 0.2) is 0 Å². The Kier molecular flexibility index (Phi) is 2.32. The molecule has 0 spiro atoms. The molecule has 3 aliphatic rings. The molecule has 1 saturated heterocycles. The Hall–Kier alpha value is -1.25. The van der Waals surface area contributed by atoms with Gasteiger partial charge in [0.2, 0.25) is 0 Å². The van der Waals surface area contributed by atoms with Crippen LogP contribution in [0.2, 0.25) is 0 Å². The summed E-state index contributed by atoms with van der Waals surface area (Å²) in [5.41, 5.74) is 3.77. The summed E-state index contributed by atoms with van der Waals surface area (Å²) in [6.45, 7) is 4.44. The SMILES string of the molecule is CC1=CCC23NC(=O)NC2=C1CCCC[C@H]3C. The Morgan fingerprint density at radius 1 is 1.41 bits per heavy atom. The molecular formula is C14H20N2O. The van der Waals surface area contributed by atoms with Crippen molar-refractivity contribution in [1.29, 1.82) is 0 Å². The van der Waals surface area contributed by atoms with E-state index >= 15 is 0 Å². The summed E-state index contributed by atoms with van der Waals surface area (Å²) in [6, 6.07) is -0.0191. The first-order valence-electron chi connectivity index (χ1n) is 6.63. The predicted molar refractivity (Wildman–Crippen MR) is 67.4 cm³/mol. The van der Waals surface area contributed by atoms with E-state index in [1.165, 1.54) is 36.1 Å². The van der Waals surface area contributed by atoms with Gasteiger partial charge >= 0.3 is 6.03 Å². The number of carbonyl (C=O) groups excluding carboxylic acids is 1. The molecule has 0 aromatic rings. The Balaban J connectivity index is 2.15. The molecule has 1 fully saturated rings. The molecule has 2 aliphatic carbocycles. The fraction of sp³-hybridized carbons (Fsp3) is 0.643. The minimum atomic E-state index is -0.133. The maximum absolute atomic E-state index is 11.7. The van der Waals surface area contributed by atoms with Crippen molar-refractivity contribution in [3.05, 3.63) is 22.9 Å². The average Bonchev–Trinajstić information content (AvgIpc) is 2.62. The zero-order valence-electron chi connectivity index (χ0n) is 10.6. The van der Waals surface area contributed by atoms with Crippen LogP contribution < -0.4 is 10.6 Å². The van der Waals surface area contributed by atoms with E-state index in [2.05, 4.69) is 30.6 Å². The summed E-state index contributed by atoms with van der Waals surface area (Å²) in [4.78, 5) is 11.7. The Labute approximate surface area is 102 Å². The summed E-state index contributed by atoms with van der Waals surface area (Å²) in [6.07, 6.45) is 8.05.